The summed E-state index contributed by atoms with van der Waals surface area (Å²) in [5.41, 5.74) is 4.86. The molecule has 0 bridgehead atoms. The molecule has 0 radical (unpaired) electrons. The molecule has 0 aliphatic carbocycles. The van der Waals surface area contributed by atoms with E-state index in [2.05, 4.69) is 25.1 Å². The highest BCUT2D eigenvalue weighted by Gasteiger charge is 2.52. The van der Waals surface area contributed by atoms with Crippen LogP contribution >= 0.6 is 0 Å². The maximum atomic E-state index is 13.6. The second-order valence-electron chi connectivity index (χ2n) is 12.2. The Balaban J connectivity index is 0.000000417. The number of rotatable bonds is 12. The molecule has 1 fully saturated rings. The number of hydrogen-bond acceptors (Lipinski definition) is 3. The van der Waals surface area contributed by atoms with Crippen molar-refractivity contribution in [2.24, 2.45) is 5.92 Å². The van der Waals surface area contributed by atoms with Crippen LogP contribution in [0.25, 0.3) is 0 Å². The molecule has 0 aromatic heterocycles. The molecule has 6 rings (SSSR count). The van der Waals surface area contributed by atoms with Crippen molar-refractivity contribution < 1.29 is 18.7 Å². The Kier molecular flexibility index (Phi) is 12.0. The fourth-order valence-electron chi connectivity index (χ4n) is 6.51. The number of ether oxygens (including phenoxy) is 2. The molecule has 242 valence electrons. The Labute approximate surface area is 278 Å². The van der Waals surface area contributed by atoms with E-state index in [0.717, 1.165) is 53.8 Å². The lowest BCUT2D eigenvalue weighted by Gasteiger charge is -2.41. The van der Waals surface area contributed by atoms with Crippen molar-refractivity contribution in [2.45, 2.75) is 57.8 Å². The zero-order valence-electron chi connectivity index (χ0n) is 27.4. The lowest BCUT2D eigenvalue weighted by molar-refractivity contribution is -0.117. The first-order valence-electron chi connectivity index (χ1n) is 16.4. The molecule has 5 aromatic rings. The highest BCUT2D eigenvalue weighted by Crippen LogP contribution is 2.50. The fourth-order valence-corrected chi connectivity index (χ4v) is 6.51. The van der Waals surface area contributed by atoms with Crippen molar-refractivity contribution in [2.75, 3.05) is 12.0 Å². The van der Waals surface area contributed by atoms with Crippen LogP contribution in [0, 0.1) is 11.7 Å². The van der Waals surface area contributed by atoms with E-state index in [4.69, 9.17) is 9.47 Å². The zero-order chi connectivity index (χ0) is 32.9. The largest absolute Gasteiger partial charge is 0.489 e. The predicted octanol–water partition coefficient (Wildman–Crippen LogP) is 9.92. The van der Waals surface area contributed by atoms with Crippen LogP contribution in [0.3, 0.4) is 0 Å². The van der Waals surface area contributed by atoms with Gasteiger partial charge in [-0.15, -0.1) is 0 Å². The number of amides is 1. The first-order chi connectivity index (χ1) is 23.0. The number of carbonyl (C=O) groups excluding carboxylic acids is 1. The highest BCUT2D eigenvalue weighted by atomic mass is 19.1. The van der Waals surface area contributed by atoms with Gasteiger partial charge < -0.3 is 14.4 Å². The molecular weight excluding hydrogens is 585 g/mol. The molecule has 1 amide bonds. The van der Waals surface area contributed by atoms with Crippen LogP contribution in [0.1, 0.15) is 54.9 Å². The van der Waals surface area contributed by atoms with Crippen LogP contribution in [0.15, 0.2) is 140 Å². The van der Waals surface area contributed by atoms with Crippen molar-refractivity contribution in [3.05, 3.63) is 168 Å². The van der Waals surface area contributed by atoms with Crippen molar-refractivity contribution in [3.63, 3.8) is 0 Å². The Hall–Kier alpha value is -4.74. The van der Waals surface area contributed by atoms with Crippen LogP contribution in [-0.4, -0.2) is 13.0 Å². The molecule has 5 heteroatoms. The number of para-hydroxylation sites is 2. The minimum Gasteiger partial charge on any atom is -0.489 e. The van der Waals surface area contributed by atoms with Gasteiger partial charge in [-0.2, -0.15) is 0 Å². The topological polar surface area (TPSA) is 38.8 Å². The number of benzene rings is 5. The smallest absolute Gasteiger partial charge is 0.228 e. The second-order valence-corrected chi connectivity index (χ2v) is 12.2. The highest BCUT2D eigenvalue weighted by molar-refractivity contribution is 5.98. The van der Waals surface area contributed by atoms with E-state index in [1.54, 1.807) is 7.11 Å². The molecule has 0 saturated carbocycles. The third-order valence-electron chi connectivity index (χ3n) is 8.95. The van der Waals surface area contributed by atoms with E-state index < -0.39 is 5.54 Å². The van der Waals surface area contributed by atoms with Gasteiger partial charge in [0, 0.05) is 24.8 Å². The summed E-state index contributed by atoms with van der Waals surface area (Å²) in [7, 11) is 1.70. The number of nitrogens with zero attached hydrogens (tertiary/aromatic N) is 1. The monoisotopic (exact) mass is 629 g/mol. The van der Waals surface area contributed by atoms with Gasteiger partial charge in [0.05, 0.1) is 12.1 Å². The van der Waals surface area contributed by atoms with Gasteiger partial charge in [-0.3, -0.25) is 4.79 Å². The molecule has 4 nitrogen and oxygen atoms in total. The van der Waals surface area contributed by atoms with Crippen LogP contribution in [-0.2, 0) is 34.7 Å². The van der Waals surface area contributed by atoms with Gasteiger partial charge in [0.15, 0.2) is 0 Å². The summed E-state index contributed by atoms with van der Waals surface area (Å²) in [6.45, 7) is 3.37. The maximum absolute atomic E-state index is 13.6. The summed E-state index contributed by atoms with van der Waals surface area (Å²) in [5, 5.41) is 0. The normalized spacial score (nSPS) is 17.2. The van der Waals surface area contributed by atoms with Gasteiger partial charge >= 0.3 is 0 Å². The molecule has 0 spiro atoms. The maximum Gasteiger partial charge on any atom is 0.228 e. The molecule has 1 heterocycles. The SMILES string of the molecule is COCc1ccccc1.C[C@@]1(c2ccccc2OCc2ccccc2)C(CCCCc2ccc(F)cc2)CC(=O)N1c1ccccc1. The molecule has 2 atom stereocenters. The molecule has 1 unspecified atom stereocenters. The Morgan fingerprint density at radius 1 is 0.702 bits per heavy atom. The number of hydrogen-bond donors (Lipinski definition) is 0. The summed E-state index contributed by atoms with van der Waals surface area (Å²) < 4.78 is 24.6. The minimum atomic E-state index is -0.554. The third kappa shape index (κ3) is 8.75. The van der Waals surface area contributed by atoms with Gasteiger partial charge in [-0.25, -0.2) is 4.39 Å². The van der Waals surface area contributed by atoms with E-state index in [9.17, 15) is 9.18 Å². The fraction of sp³-hybridized carbons (Fsp3) is 0.262. The lowest BCUT2D eigenvalue weighted by Crippen LogP contribution is -2.44. The van der Waals surface area contributed by atoms with E-state index >= 15 is 0 Å². The Morgan fingerprint density at radius 3 is 1.91 bits per heavy atom. The van der Waals surface area contributed by atoms with Crippen LogP contribution in [0.5, 0.6) is 5.75 Å². The van der Waals surface area contributed by atoms with E-state index in [1.165, 1.54) is 17.7 Å². The van der Waals surface area contributed by atoms with Crippen molar-refractivity contribution >= 4 is 11.6 Å². The molecule has 47 heavy (non-hydrogen) atoms. The summed E-state index contributed by atoms with van der Waals surface area (Å²) in [5.74, 6) is 0.874. The summed E-state index contributed by atoms with van der Waals surface area (Å²) in [6.07, 6.45) is 4.29. The summed E-state index contributed by atoms with van der Waals surface area (Å²) in [4.78, 5) is 15.6. The Bertz CT molecular complexity index is 1660. The van der Waals surface area contributed by atoms with E-state index in [-0.39, 0.29) is 17.6 Å². The average molecular weight is 630 g/mol. The molecule has 0 N–H and O–H groups in total. The first kappa shape index (κ1) is 33.6. The van der Waals surface area contributed by atoms with E-state index in [0.29, 0.717) is 19.6 Å². The van der Waals surface area contributed by atoms with Gasteiger partial charge in [0.1, 0.15) is 18.2 Å². The average Bonchev–Trinajstić information content (AvgIpc) is 3.37. The van der Waals surface area contributed by atoms with Crippen molar-refractivity contribution in [1.29, 1.82) is 0 Å². The zero-order valence-corrected chi connectivity index (χ0v) is 27.4. The number of anilines is 1. The molecule has 5 aromatic carbocycles. The van der Waals surface area contributed by atoms with E-state index in [1.807, 2.05) is 114 Å². The first-order valence-corrected chi connectivity index (χ1v) is 16.4. The molecule has 1 aliphatic heterocycles. The van der Waals surface area contributed by atoms with Gasteiger partial charge in [0.25, 0.3) is 0 Å². The molecule has 1 aliphatic rings. The van der Waals surface area contributed by atoms with Crippen molar-refractivity contribution in [1.82, 2.24) is 0 Å². The molecular formula is C42H44FNO3. The summed E-state index contributed by atoms with van der Waals surface area (Å²) in [6, 6.07) is 45.1. The van der Waals surface area contributed by atoms with Crippen LogP contribution < -0.4 is 9.64 Å². The van der Waals surface area contributed by atoms with Gasteiger partial charge in [0.2, 0.25) is 5.91 Å². The number of carbonyl (C=O) groups is 1. The van der Waals surface area contributed by atoms with Gasteiger partial charge in [-0.1, -0.05) is 116 Å². The quantitative estimate of drug-likeness (QED) is 0.129. The molecule has 1 saturated heterocycles. The van der Waals surface area contributed by atoms with Crippen molar-refractivity contribution in [3.8, 4) is 5.75 Å². The predicted molar refractivity (Wildman–Crippen MR) is 188 cm³/mol. The van der Waals surface area contributed by atoms with Gasteiger partial charge in [-0.05, 0) is 79.1 Å². The number of aryl methyl sites for hydroxylation is 1. The summed E-state index contributed by atoms with van der Waals surface area (Å²) >= 11 is 0. The third-order valence-corrected chi connectivity index (χ3v) is 8.95. The number of methoxy groups -OCH3 is 1. The number of unbranched alkanes of at least 4 members (excludes halogenated alkanes) is 1. The Morgan fingerprint density at radius 2 is 1.28 bits per heavy atom. The van der Waals surface area contributed by atoms with Crippen LogP contribution in [0.2, 0.25) is 0 Å². The lowest BCUT2D eigenvalue weighted by atomic mass is 9.77. The van der Waals surface area contributed by atoms with Crippen LogP contribution in [0.4, 0.5) is 10.1 Å². The second kappa shape index (κ2) is 16.7. The number of halogens is 1. The minimum absolute atomic E-state index is 0.130. The standard InChI is InChI=1S/C34H34FNO2.C8H10O/c1-34(31-18-10-11-19-32(31)38-25-27-13-4-2-5-14-27)28(15-9-8-12-26-20-22-29(35)23-21-26)24-33(37)36(34)30-16-6-3-7-17-30;1-9-7-8-5-3-2-4-6-8/h2-7,10-11,13-14,16-23,28H,8-9,12,15,24-25H2,1H3;2-6H,7H2,1H3/t28?,34-;/m0./s1.